The second-order valence-electron chi connectivity index (χ2n) is 8.48. The minimum Gasteiger partial charge on any atom is -0.350 e. The molecule has 0 saturated carbocycles. The van der Waals surface area contributed by atoms with Crippen molar-refractivity contribution in [1.29, 1.82) is 0 Å². The fourth-order valence-corrected chi connectivity index (χ4v) is 5.17. The predicted molar refractivity (Wildman–Crippen MR) is 115 cm³/mol. The zero-order chi connectivity index (χ0) is 21.6. The Hall–Kier alpha value is -2.83. The topological polar surface area (TPSA) is 65.9 Å². The van der Waals surface area contributed by atoms with E-state index in [-0.39, 0.29) is 42.3 Å². The maximum atomic E-state index is 13.3. The second kappa shape index (κ2) is 7.78. The maximum absolute atomic E-state index is 13.3. The standard InChI is InChI=1S/C23H30N4O3/c1-5-19-17(22(29)24(3)6-2)11-15-12-26(14-21(28)27(15)19)23(30)18-13-25(4)20-10-8-7-9-16(18)20/h7-10,13,15,17,19H,5-6,11-12,14H2,1-4H3/t15-,17-,19-/m0/s1. The summed E-state index contributed by atoms with van der Waals surface area (Å²) in [6.45, 7) is 5.18. The molecular weight excluding hydrogens is 380 g/mol. The van der Waals surface area contributed by atoms with Crippen molar-refractivity contribution in [3.8, 4) is 0 Å². The highest BCUT2D eigenvalue weighted by molar-refractivity contribution is 6.08. The largest absolute Gasteiger partial charge is 0.350 e. The molecule has 0 spiro atoms. The first kappa shape index (κ1) is 20.4. The van der Waals surface area contributed by atoms with Crippen molar-refractivity contribution in [3.63, 3.8) is 0 Å². The summed E-state index contributed by atoms with van der Waals surface area (Å²) in [7, 11) is 3.73. The zero-order valence-corrected chi connectivity index (χ0v) is 18.2. The third kappa shape index (κ3) is 3.16. The molecule has 7 nitrogen and oxygen atoms in total. The van der Waals surface area contributed by atoms with Crippen LogP contribution in [0.25, 0.3) is 10.9 Å². The molecule has 2 fully saturated rings. The SMILES string of the molecule is CC[C@H]1[C@@H](C(=O)N(C)CC)C[C@H]2CN(C(=O)c3cn(C)c4ccccc34)CC(=O)N21. The normalized spacial score (nSPS) is 23.7. The maximum Gasteiger partial charge on any atom is 0.256 e. The zero-order valence-electron chi connectivity index (χ0n) is 18.2. The number of benzene rings is 1. The molecule has 3 heterocycles. The number of fused-ring (bicyclic) bond motifs is 2. The minimum atomic E-state index is -0.193. The molecule has 2 aliphatic heterocycles. The van der Waals surface area contributed by atoms with Crippen LogP contribution in [0.15, 0.2) is 30.5 Å². The Morgan fingerprint density at radius 1 is 1.20 bits per heavy atom. The summed E-state index contributed by atoms with van der Waals surface area (Å²) in [5.41, 5.74) is 1.61. The molecule has 3 atom stereocenters. The number of hydrogen-bond donors (Lipinski definition) is 0. The van der Waals surface area contributed by atoms with Gasteiger partial charge in [-0.1, -0.05) is 25.1 Å². The van der Waals surface area contributed by atoms with Crippen LogP contribution in [-0.2, 0) is 16.6 Å². The Balaban J connectivity index is 1.59. The van der Waals surface area contributed by atoms with E-state index in [2.05, 4.69) is 0 Å². The summed E-state index contributed by atoms with van der Waals surface area (Å²) in [5.74, 6) is -0.269. The molecule has 160 valence electrons. The summed E-state index contributed by atoms with van der Waals surface area (Å²) >= 11 is 0. The van der Waals surface area contributed by atoms with Gasteiger partial charge >= 0.3 is 0 Å². The molecule has 1 aromatic heterocycles. The molecule has 2 aliphatic rings. The van der Waals surface area contributed by atoms with Crippen LogP contribution in [0, 0.1) is 5.92 Å². The molecule has 3 amide bonds. The highest BCUT2D eigenvalue weighted by atomic mass is 16.2. The molecule has 7 heteroatoms. The molecule has 1 aromatic carbocycles. The molecule has 4 rings (SSSR count). The molecule has 2 saturated heterocycles. The van der Waals surface area contributed by atoms with Gasteiger partial charge in [-0.3, -0.25) is 14.4 Å². The Kier molecular flexibility index (Phi) is 5.30. The molecule has 2 aromatic rings. The molecule has 0 unspecified atom stereocenters. The first-order valence-corrected chi connectivity index (χ1v) is 10.8. The van der Waals surface area contributed by atoms with Crippen molar-refractivity contribution in [2.45, 2.75) is 38.8 Å². The fraction of sp³-hybridized carbons (Fsp3) is 0.522. The van der Waals surface area contributed by atoms with Crippen molar-refractivity contribution in [1.82, 2.24) is 19.3 Å². The number of amides is 3. The first-order valence-electron chi connectivity index (χ1n) is 10.8. The summed E-state index contributed by atoms with van der Waals surface area (Å²) in [6.07, 6.45) is 3.20. The van der Waals surface area contributed by atoms with Gasteiger partial charge in [-0.25, -0.2) is 0 Å². The van der Waals surface area contributed by atoms with Crippen LogP contribution >= 0.6 is 0 Å². The van der Waals surface area contributed by atoms with E-state index in [0.29, 0.717) is 25.1 Å². The van der Waals surface area contributed by atoms with Crippen LogP contribution in [0.5, 0.6) is 0 Å². The van der Waals surface area contributed by atoms with Gasteiger partial charge in [0.25, 0.3) is 5.91 Å². The molecule has 0 aliphatic carbocycles. The van der Waals surface area contributed by atoms with Gasteiger partial charge in [0.1, 0.15) is 6.54 Å². The van der Waals surface area contributed by atoms with E-state index in [4.69, 9.17) is 0 Å². The number of nitrogens with zero attached hydrogens (tertiary/aromatic N) is 4. The van der Waals surface area contributed by atoms with Crippen molar-refractivity contribution in [3.05, 3.63) is 36.0 Å². The van der Waals surface area contributed by atoms with Crippen LogP contribution in [-0.4, -0.2) is 75.8 Å². The Bertz CT molecular complexity index is 997. The quantitative estimate of drug-likeness (QED) is 0.775. The Morgan fingerprint density at radius 3 is 2.63 bits per heavy atom. The summed E-state index contributed by atoms with van der Waals surface area (Å²) < 4.78 is 1.94. The number of aryl methyl sites for hydroxylation is 1. The average molecular weight is 411 g/mol. The van der Waals surface area contributed by atoms with Gasteiger partial charge in [-0.05, 0) is 25.8 Å². The van der Waals surface area contributed by atoms with Crippen LogP contribution in [0.3, 0.4) is 0 Å². The third-order valence-corrected chi connectivity index (χ3v) is 6.79. The summed E-state index contributed by atoms with van der Waals surface area (Å²) in [4.78, 5) is 44.6. The van der Waals surface area contributed by atoms with Crippen LogP contribution in [0.1, 0.15) is 37.0 Å². The number of rotatable bonds is 4. The Labute approximate surface area is 177 Å². The molecule has 0 bridgehead atoms. The molecule has 0 radical (unpaired) electrons. The number of carbonyl (C=O) groups is 3. The number of carbonyl (C=O) groups excluding carboxylic acids is 3. The number of piperazine rings is 1. The lowest BCUT2D eigenvalue weighted by Crippen LogP contribution is -2.57. The van der Waals surface area contributed by atoms with Crippen molar-refractivity contribution in [2.24, 2.45) is 13.0 Å². The van der Waals surface area contributed by atoms with E-state index in [1.165, 1.54) is 0 Å². The van der Waals surface area contributed by atoms with Gasteiger partial charge in [-0.15, -0.1) is 0 Å². The lowest BCUT2D eigenvalue weighted by molar-refractivity contribution is -0.140. The highest BCUT2D eigenvalue weighted by Gasteiger charge is 2.50. The first-order chi connectivity index (χ1) is 14.4. The van der Waals surface area contributed by atoms with E-state index < -0.39 is 0 Å². The second-order valence-corrected chi connectivity index (χ2v) is 8.48. The molecular formula is C23H30N4O3. The average Bonchev–Trinajstić information content (AvgIpc) is 3.30. The number of aromatic nitrogens is 1. The lowest BCUT2D eigenvalue weighted by Gasteiger charge is -2.39. The highest BCUT2D eigenvalue weighted by Crippen LogP contribution is 2.36. The van der Waals surface area contributed by atoms with E-state index in [0.717, 1.165) is 17.3 Å². The Morgan fingerprint density at radius 2 is 1.93 bits per heavy atom. The third-order valence-electron chi connectivity index (χ3n) is 6.79. The van der Waals surface area contributed by atoms with Crippen LogP contribution in [0.4, 0.5) is 0 Å². The van der Waals surface area contributed by atoms with Gasteiger partial charge in [-0.2, -0.15) is 0 Å². The fourth-order valence-electron chi connectivity index (χ4n) is 5.17. The van der Waals surface area contributed by atoms with Gasteiger partial charge in [0.05, 0.1) is 17.5 Å². The van der Waals surface area contributed by atoms with Crippen molar-refractivity contribution < 1.29 is 14.4 Å². The van der Waals surface area contributed by atoms with E-state index in [9.17, 15) is 14.4 Å². The van der Waals surface area contributed by atoms with Crippen LogP contribution in [0.2, 0.25) is 0 Å². The van der Waals surface area contributed by atoms with Gasteiger partial charge < -0.3 is 19.3 Å². The predicted octanol–water partition coefficient (Wildman–Crippen LogP) is 2.11. The van der Waals surface area contributed by atoms with E-state index in [1.54, 1.807) is 9.80 Å². The van der Waals surface area contributed by atoms with Gasteiger partial charge in [0, 0.05) is 50.3 Å². The van der Waals surface area contributed by atoms with Crippen LogP contribution < -0.4 is 0 Å². The van der Waals surface area contributed by atoms with Crippen molar-refractivity contribution >= 4 is 28.6 Å². The number of hydrogen-bond acceptors (Lipinski definition) is 3. The van der Waals surface area contributed by atoms with Gasteiger partial charge in [0.2, 0.25) is 11.8 Å². The van der Waals surface area contributed by atoms with E-state index >= 15 is 0 Å². The smallest absolute Gasteiger partial charge is 0.256 e. The summed E-state index contributed by atoms with van der Waals surface area (Å²) in [5, 5.41) is 0.898. The van der Waals surface area contributed by atoms with E-state index in [1.807, 2.05) is 67.9 Å². The summed E-state index contributed by atoms with van der Waals surface area (Å²) in [6, 6.07) is 7.61. The monoisotopic (exact) mass is 410 g/mol. The van der Waals surface area contributed by atoms with Gasteiger partial charge in [0.15, 0.2) is 0 Å². The molecule has 30 heavy (non-hydrogen) atoms. The lowest BCUT2D eigenvalue weighted by atomic mass is 9.95. The number of para-hydroxylation sites is 1. The molecule has 0 N–H and O–H groups in total. The van der Waals surface area contributed by atoms with Crippen molar-refractivity contribution in [2.75, 3.05) is 26.7 Å². The minimum absolute atomic E-state index is 0.0545.